The Morgan fingerprint density at radius 2 is 2.11 bits per heavy atom. The van der Waals surface area contributed by atoms with Gasteiger partial charge in [-0.3, -0.25) is 0 Å². The molecule has 4 rings (SSSR count). The summed E-state index contributed by atoms with van der Waals surface area (Å²) in [7, 11) is 0. The topological polar surface area (TPSA) is 55.1 Å². The Morgan fingerprint density at radius 1 is 1.28 bits per heavy atom. The lowest BCUT2D eigenvalue weighted by molar-refractivity contribution is 0.564. The summed E-state index contributed by atoms with van der Waals surface area (Å²) in [5.41, 5.74) is 0. The zero-order chi connectivity index (χ0) is 12.1. The van der Waals surface area contributed by atoms with E-state index in [0.717, 1.165) is 24.9 Å². The highest BCUT2D eigenvalue weighted by Crippen LogP contribution is 2.46. The van der Waals surface area contributed by atoms with Gasteiger partial charge in [-0.05, 0) is 18.3 Å². The number of oxazole rings is 1. The summed E-state index contributed by atoms with van der Waals surface area (Å²) in [5.74, 6) is 2.09. The summed E-state index contributed by atoms with van der Waals surface area (Å²) in [6.07, 6.45) is 5.43. The maximum atomic E-state index is 13.8. The second-order valence-electron chi connectivity index (χ2n) is 4.86. The molecule has 1 saturated heterocycles. The highest BCUT2D eigenvalue weighted by atomic mass is 19.1. The first-order valence-corrected chi connectivity index (χ1v) is 5.98. The van der Waals surface area contributed by atoms with E-state index in [4.69, 9.17) is 4.42 Å². The van der Waals surface area contributed by atoms with Crippen LogP contribution >= 0.6 is 0 Å². The summed E-state index contributed by atoms with van der Waals surface area (Å²) in [4.78, 5) is 14.1. The smallest absolute Gasteiger partial charge is 0.264 e. The van der Waals surface area contributed by atoms with Crippen LogP contribution in [-0.4, -0.2) is 28.0 Å². The fourth-order valence-corrected chi connectivity index (χ4v) is 2.59. The summed E-state index contributed by atoms with van der Waals surface area (Å²) in [6.45, 7) is 1.78. The molecule has 2 unspecified atom stereocenters. The molecule has 18 heavy (non-hydrogen) atoms. The number of halogens is 1. The van der Waals surface area contributed by atoms with Gasteiger partial charge in [0.2, 0.25) is 5.82 Å². The van der Waals surface area contributed by atoms with E-state index in [-0.39, 0.29) is 5.82 Å². The minimum absolute atomic E-state index is 0.320. The summed E-state index contributed by atoms with van der Waals surface area (Å²) < 4.78 is 18.9. The van der Waals surface area contributed by atoms with E-state index in [0.29, 0.717) is 17.5 Å². The molecule has 3 heterocycles. The highest BCUT2D eigenvalue weighted by molar-refractivity contribution is 5.49. The van der Waals surface area contributed by atoms with Crippen molar-refractivity contribution < 1.29 is 8.81 Å². The van der Waals surface area contributed by atoms with Crippen LogP contribution in [0.5, 0.6) is 0 Å². The second kappa shape index (κ2) is 3.51. The van der Waals surface area contributed by atoms with Gasteiger partial charge in [0.05, 0.1) is 12.4 Å². The summed E-state index contributed by atoms with van der Waals surface area (Å²) in [6, 6.07) is 0. The lowest BCUT2D eigenvalue weighted by atomic mass is 10.4. The fourth-order valence-electron chi connectivity index (χ4n) is 2.59. The predicted octanol–water partition coefficient (Wildman–Crippen LogP) is 1.73. The van der Waals surface area contributed by atoms with Gasteiger partial charge in [0.15, 0.2) is 11.6 Å². The fraction of sp³-hybridized carbons (Fsp3) is 0.417. The van der Waals surface area contributed by atoms with Gasteiger partial charge in [0, 0.05) is 13.1 Å². The van der Waals surface area contributed by atoms with Crippen LogP contribution in [0.25, 0.3) is 11.7 Å². The van der Waals surface area contributed by atoms with Crippen LogP contribution in [0.2, 0.25) is 0 Å². The van der Waals surface area contributed by atoms with Crippen LogP contribution in [0, 0.1) is 17.7 Å². The van der Waals surface area contributed by atoms with Crippen molar-refractivity contribution in [3.8, 4) is 11.7 Å². The highest BCUT2D eigenvalue weighted by Gasteiger charge is 2.46. The van der Waals surface area contributed by atoms with Gasteiger partial charge in [-0.25, -0.2) is 19.3 Å². The lowest BCUT2D eigenvalue weighted by Crippen LogP contribution is -2.24. The molecule has 6 heteroatoms. The standard InChI is InChI=1S/C12H11FN4O/c13-9-4-15-10(12-14-1-2-18-12)16-11(9)17-5-7-3-8(7)6-17/h1-2,4,7-8H,3,5-6H2. The number of piperidine rings is 1. The van der Waals surface area contributed by atoms with Crippen molar-refractivity contribution >= 4 is 5.82 Å². The zero-order valence-corrected chi connectivity index (χ0v) is 9.58. The molecule has 2 atom stereocenters. The van der Waals surface area contributed by atoms with Crippen molar-refractivity contribution in [3.63, 3.8) is 0 Å². The molecule has 0 spiro atoms. The number of aromatic nitrogens is 3. The maximum absolute atomic E-state index is 13.8. The third kappa shape index (κ3) is 1.48. The minimum atomic E-state index is -0.383. The van der Waals surface area contributed by atoms with Crippen LogP contribution in [0.15, 0.2) is 23.1 Å². The minimum Gasteiger partial charge on any atom is -0.442 e. The Morgan fingerprint density at radius 3 is 2.83 bits per heavy atom. The Labute approximate surface area is 103 Å². The molecule has 2 aromatic rings. The van der Waals surface area contributed by atoms with E-state index in [1.54, 1.807) is 0 Å². The van der Waals surface area contributed by atoms with Crippen molar-refractivity contribution in [1.82, 2.24) is 15.0 Å². The predicted molar refractivity (Wildman–Crippen MR) is 61.3 cm³/mol. The van der Waals surface area contributed by atoms with Gasteiger partial charge < -0.3 is 9.32 Å². The van der Waals surface area contributed by atoms with Crippen molar-refractivity contribution in [2.24, 2.45) is 11.8 Å². The van der Waals surface area contributed by atoms with Crippen molar-refractivity contribution in [3.05, 3.63) is 24.5 Å². The summed E-state index contributed by atoms with van der Waals surface area (Å²) >= 11 is 0. The van der Waals surface area contributed by atoms with E-state index < -0.39 is 0 Å². The lowest BCUT2D eigenvalue weighted by Gasteiger charge is -2.19. The molecule has 1 aliphatic heterocycles. The monoisotopic (exact) mass is 246 g/mol. The number of nitrogens with zero attached hydrogens (tertiary/aromatic N) is 4. The third-order valence-corrected chi connectivity index (χ3v) is 3.63. The first-order valence-electron chi connectivity index (χ1n) is 5.98. The largest absolute Gasteiger partial charge is 0.442 e. The Balaban J connectivity index is 1.71. The van der Waals surface area contributed by atoms with Gasteiger partial charge in [-0.15, -0.1) is 0 Å². The average Bonchev–Trinajstić information content (AvgIpc) is 2.86. The number of hydrogen-bond donors (Lipinski definition) is 0. The van der Waals surface area contributed by atoms with Crippen LogP contribution in [0.3, 0.4) is 0 Å². The number of rotatable bonds is 2. The molecule has 0 bridgehead atoms. The molecule has 2 aromatic heterocycles. The number of hydrogen-bond acceptors (Lipinski definition) is 5. The molecule has 0 amide bonds. The van der Waals surface area contributed by atoms with Gasteiger partial charge in [0.1, 0.15) is 6.26 Å². The molecule has 1 aliphatic carbocycles. The molecule has 0 aromatic carbocycles. The Kier molecular flexibility index (Phi) is 1.95. The Bertz CT molecular complexity index is 576. The molecular weight excluding hydrogens is 235 g/mol. The molecule has 2 fully saturated rings. The van der Waals surface area contributed by atoms with E-state index in [1.807, 2.05) is 4.90 Å². The quantitative estimate of drug-likeness (QED) is 0.807. The van der Waals surface area contributed by atoms with Crippen molar-refractivity contribution in [2.75, 3.05) is 18.0 Å². The Hall–Kier alpha value is -1.98. The SMILES string of the molecule is Fc1cnc(-c2ncco2)nc1N1CC2CC2C1. The molecule has 0 radical (unpaired) electrons. The first kappa shape index (κ1) is 9.99. The second-order valence-corrected chi connectivity index (χ2v) is 4.86. The number of anilines is 1. The normalized spacial score (nSPS) is 25.3. The van der Waals surface area contributed by atoms with Crippen LogP contribution in [-0.2, 0) is 0 Å². The molecule has 92 valence electrons. The van der Waals surface area contributed by atoms with Gasteiger partial charge >= 0.3 is 0 Å². The molecule has 5 nitrogen and oxygen atoms in total. The van der Waals surface area contributed by atoms with Gasteiger partial charge in [0.25, 0.3) is 5.89 Å². The van der Waals surface area contributed by atoms with Crippen molar-refractivity contribution in [2.45, 2.75) is 6.42 Å². The van der Waals surface area contributed by atoms with Gasteiger partial charge in [-0.2, -0.15) is 0 Å². The molecule has 2 aliphatic rings. The third-order valence-electron chi connectivity index (χ3n) is 3.63. The van der Waals surface area contributed by atoms with Crippen LogP contribution in [0.1, 0.15) is 6.42 Å². The molecular formula is C12H11FN4O. The van der Waals surface area contributed by atoms with E-state index in [1.165, 1.54) is 25.1 Å². The van der Waals surface area contributed by atoms with Crippen LogP contribution in [0.4, 0.5) is 10.2 Å². The van der Waals surface area contributed by atoms with Gasteiger partial charge in [-0.1, -0.05) is 0 Å². The number of fused-ring (bicyclic) bond motifs is 1. The van der Waals surface area contributed by atoms with E-state index in [2.05, 4.69) is 15.0 Å². The van der Waals surface area contributed by atoms with Crippen molar-refractivity contribution in [1.29, 1.82) is 0 Å². The maximum Gasteiger partial charge on any atom is 0.264 e. The molecule has 1 saturated carbocycles. The first-order chi connectivity index (χ1) is 8.81. The molecule has 0 N–H and O–H groups in total. The van der Waals surface area contributed by atoms with Crippen LogP contribution < -0.4 is 4.90 Å². The average molecular weight is 246 g/mol. The zero-order valence-electron chi connectivity index (χ0n) is 9.58. The summed E-state index contributed by atoms with van der Waals surface area (Å²) in [5, 5.41) is 0. The van der Waals surface area contributed by atoms with E-state index in [9.17, 15) is 4.39 Å². The van der Waals surface area contributed by atoms with E-state index >= 15 is 0 Å².